The molecule has 4 heteroatoms. The van der Waals surface area contributed by atoms with Gasteiger partial charge < -0.3 is 5.32 Å². The minimum Gasteiger partial charge on any atom is -0.318 e. The lowest BCUT2D eigenvalue weighted by Crippen LogP contribution is -2.03. The van der Waals surface area contributed by atoms with Gasteiger partial charge in [0, 0.05) is 6.92 Å². The molecule has 3 nitrogen and oxygen atoms in total. The zero-order chi connectivity index (χ0) is 8.27. The molecule has 0 aliphatic carbocycles. The van der Waals surface area contributed by atoms with Gasteiger partial charge in [0.2, 0.25) is 5.91 Å². The summed E-state index contributed by atoms with van der Waals surface area (Å²) in [6.45, 7) is 1.44. The molecule has 0 saturated carbocycles. The van der Waals surface area contributed by atoms with Gasteiger partial charge in [0.25, 0.3) is 0 Å². The number of carbonyl (C=O) groups excluding carboxylic acids is 1. The zero-order valence-corrected chi connectivity index (χ0v) is 6.73. The molecule has 56 valence electrons. The fraction of sp³-hybridized carbons (Fsp3) is 0.143. The van der Waals surface area contributed by atoms with Gasteiger partial charge in [-0.05, 0) is 12.1 Å². The van der Waals surface area contributed by atoms with E-state index in [1.54, 1.807) is 12.1 Å². The molecule has 0 bridgehead atoms. The number of nitriles is 1. The Kier molecular flexibility index (Phi) is 2.24. The summed E-state index contributed by atoms with van der Waals surface area (Å²) in [5.74, 6) is -0.115. The van der Waals surface area contributed by atoms with Crippen LogP contribution in [0.2, 0.25) is 0 Å². The van der Waals surface area contributed by atoms with Crippen LogP contribution in [0.4, 0.5) is 5.00 Å². The second-order valence-electron chi connectivity index (χ2n) is 1.96. The van der Waals surface area contributed by atoms with E-state index in [-0.39, 0.29) is 5.91 Å². The molecule has 0 atom stereocenters. The van der Waals surface area contributed by atoms with Crippen LogP contribution in [-0.4, -0.2) is 5.91 Å². The van der Waals surface area contributed by atoms with Crippen molar-refractivity contribution in [1.82, 2.24) is 0 Å². The summed E-state index contributed by atoms with van der Waals surface area (Å²) in [7, 11) is 0. The molecule has 0 saturated heterocycles. The van der Waals surface area contributed by atoms with Gasteiger partial charge in [0.1, 0.15) is 10.9 Å². The van der Waals surface area contributed by atoms with E-state index in [0.29, 0.717) is 9.88 Å². The third-order valence-corrected chi connectivity index (χ3v) is 1.92. The largest absolute Gasteiger partial charge is 0.318 e. The Bertz CT molecular complexity index is 310. The van der Waals surface area contributed by atoms with E-state index in [4.69, 9.17) is 5.26 Å². The maximum absolute atomic E-state index is 10.5. The van der Waals surface area contributed by atoms with E-state index in [2.05, 4.69) is 5.32 Å². The lowest BCUT2D eigenvalue weighted by Gasteiger charge is -1.92. The average Bonchev–Trinajstić information content (AvgIpc) is 2.34. The second-order valence-corrected chi connectivity index (χ2v) is 3.04. The Morgan fingerprint density at radius 2 is 2.45 bits per heavy atom. The number of carbonyl (C=O) groups is 1. The molecule has 0 unspecified atom stereocenters. The Morgan fingerprint density at radius 3 is 2.91 bits per heavy atom. The highest BCUT2D eigenvalue weighted by Gasteiger charge is 1.98. The minimum atomic E-state index is -0.115. The van der Waals surface area contributed by atoms with Gasteiger partial charge in [0.15, 0.2) is 0 Å². The van der Waals surface area contributed by atoms with Crippen molar-refractivity contribution in [3.8, 4) is 6.07 Å². The standard InChI is InChI=1S/C7H6N2OS/c1-5(10)9-7-3-2-6(4-8)11-7/h2-3H,1H3,(H,9,10). The smallest absolute Gasteiger partial charge is 0.221 e. The molecule has 0 radical (unpaired) electrons. The maximum atomic E-state index is 10.5. The highest BCUT2D eigenvalue weighted by atomic mass is 32.1. The molecule has 1 N–H and O–H groups in total. The van der Waals surface area contributed by atoms with Crippen LogP contribution < -0.4 is 5.32 Å². The number of hydrogen-bond acceptors (Lipinski definition) is 3. The van der Waals surface area contributed by atoms with Gasteiger partial charge in [-0.3, -0.25) is 4.79 Å². The number of nitrogens with one attached hydrogen (secondary N) is 1. The van der Waals surface area contributed by atoms with Crippen molar-refractivity contribution in [2.45, 2.75) is 6.92 Å². The SMILES string of the molecule is CC(=O)Nc1ccc(C#N)s1. The molecule has 1 rings (SSSR count). The molecular weight excluding hydrogens is 160 g/mol. The van der Waals surface area contributed by atoms with Crippen molar-refractivity contribution in [2.24, 2.45) is 0 Å². The van der Waals surface area contributed by atoms with Crippen LogP contribution in [0.3, 0.4) is 0 Å². The van der Waals surface area contributed by atoms with E-state index in [1.807, 2.05) is 6.07 Å². The average molecular weight is 166 g/mol. The quantitative estimate of drug-likeness (QED) is 0.688. The first-order chi connectivity index (χ1) is 5.22. The van der Waals surface area contributed by atoms with Gasteiger partial charge in [-0.25, -0.2) is 0 Å². The molecule has 0 aliphatic rings. The molecule has 1 aromatic rings. The molecular formula is C7H6N2OS. The fourth-order valence-electron chi connectivity index (χ4n) is 0.639. The van der Waals surface area contributed by atoms with Crippen LogP contribution in [0.5, 0.6) is 0 Å². The number of thiophene rings is 1. The molecule has 1 amide bonds. The number of nitrogens with zero attached hydrogens (tertiary/aromatic N) is 1. The van der Waals surface area contributed by atoms with E-state index in [1.165, 1.54) is 18.3 Å². The number of rotatable bonds is 1. The van der Waals surface area contributed by atoms with Crippen molar-refractivity contribution < 1.29 is 4.79 Å². The summed E-state index contributed by atoms with van der Waals surface area (Å²) in [5.41, 5.74) is 0. The van der Waals surface area contributed by atoms with Crippen LogP contribution >= 0.6 is 11.3 Å². The van der Waals surface area contributed by atoms with Crippen LogP contribution in [-0.2, 0) is 4.79 Å². The Morgan fingerprint density at radius 1 is 1.73 bits per heavy atom. The summed E-state index contributed by atoms with van der Waals surface area (Å²) in [6.07, 6.45) is 0. The van der Waals surface area contributed by atoms with E-state index >= 15 is 0 Å². The lowest BCUT2D eigenvalue weighted by atomic mass is 10.5. The Labute approximate surface area is 68.3 Å². The normalized spacial score (nSPS) is 8.73. The van der Waals surface area contributed by atoms with Gasteiger partial charge in [-0.1, -0.05) is 0 Å². The predicted molar refractivity (Wildman–Crippen MR) is 43.3 cm³/mol. The summed E-state index contributed by atoms with van der Waals surface area (Å²) in [5, 5.41) is 11.7. The van der Waals surface area contributed by atoms with Gasteiger partial charge in [-0.15, -0.1) is 11.3 Å². The number of anilines is 1. The molecule has 0 spiro atoms. The van der Waals surface area contributed by atoms with Crippen molar-refractivity contribution in [1.29, 1.82) is 5.26 Å². The fourth-order valence-corrected chi connectivity index (χ4v) is 1.39. The second kappa shape index (κ2) is 3.17. The van der Waals surface area contributed by atoms with Crippen molar-refractivity contribution in [3.63, 3.8) is 0 Å². The van der Waals surface area contributed by atoms with Crippen LogP contribution in [0.15, 0.2) is 12.1 Å². The molecule has 0 aromatic carbocycles. The van der Waals surface area contributed by atoms with Crippen LogP contribution in [0.1, 0.15) is 11.8 Å². The van der Waals surface area contributed by atoms with Crippen molar-refractivity contribution in [3.05, 3.63) is 17.0 Å². The first-order valence-electron chi connectivity index (χ1n) is 3.00. The number of hydrogen-bond donors (Lipinski definition) is 1. The zero-order valence-electron chi connectivity index (χ0n) is 5.92. The van der Waals surface area contributed by atoms with E-state index in [9.17, 15) is 4.79 Å². The van der Waals surface area contributed by atoms with Gasteiger partial charge >= 0.3 is 0 Å². The van der Waals surface area contributed by atoms with E-state index < -0.39 is 0 Å². The third-order valence-electron chi connectivity index (χ3n) is 1.02. The molecule has 1 aromatic heterocycles. The molecule has 11 heavy (non-hydrogen) atoms. The summed E-state index contributed by atoms with van der Waals surface area (Å²) >= 11 is 1.27. The summed E-state index contributed by atoms with van der Waals surface area (Å²) in [6, 6.07) is 5.38. The first kappa shape index (κ1) is 7.76. The topological polar surface area (TPSA) is 52.9 Å². The molecule has 0 aliphatic heterocycles. The molecule has 1 heterocycles. The van der Waals surface area contributed by atoms with Gasteiger partial charge in [-0.2, -0.15) is 5.26 Å². The van der Waals surface area contributed by atoms with Gasteiger partial charge in [0.05, 0.1) is 5.00 Å². The highest BCUT2D eigenvalue weighted by molar-refractivity contribution is 7.16. The van der Waals surface area contributed by atoms with Crippen LogP contribution in [0, 0.1) is 11.3 Å². The lowest BCUT2D eigenvalue weighted by molar-refractivity contribution is -0.114. The van der Waals surface area contributed by atoms with E-state index in [0.717, 1.165) is 0 Å². The Balaban J connectivity index is 2.75. The first-order valence-corrected chi connectivity index (χ1v) is 3.81. The monoisotopic (exact) mass is 166 g/mol. The summed E-state index contributed by atoms with van der Waals surface area (Å²) in [4.78, 5) is 11.1. The predicted octanol–water partition coefficient (Wildman–Crippen LogP) is 1.58. The van der Waals surface area contributed by atoms with Crippen molar-refractivity contribution >= 4 is 22.2 Å². The van der Waals surface area contributed by atoms with Crippen LogP contribution in [0.25, 0.3) is 0 Å². The Hall–Kier alpha value is -1.34. The maximum Gasteiger partial charge on any atom is 0.221 e. The third kappa shape index (κ3) is 2.06. The minimum absolute atomic E-state index is 0.115. The summed E-state index contributed by atoms with van der Waals surface area (Å²) < 4.78 is 0. The number of amides is 1. The highest BCUT2D eigenvalue weighted by Crippen LogP contribution is 2.20. The van der Waals surface area contributed by atoms with Crippen molar-refractivity contribution in [2.75, 3.05) is 5.32 Å². The molecule has 0 fully saturated rings.